The highest BCUT2D eigenvalue weighted by molar-refractivity contribution is 5.33. The molecule has 1 fully saturated rings. The van der Waals surface area contributed by atoms with Gasteiger partial charge in [0.1, 0.15) is 24.1 Å². The maximum Gasteiger partial charge on any atom is 0.269 e. The lowest BCUT2D eigenvalue weighted by Gasteiger charge is -2.29. The Bertz CT molecular complexity index is 682. The van der Waals surface area contributed by atoms with Gasteiger partial charge in [-0.15, -0.1) is 0 Å². The van der Waals surface area contributed by atoms with Gasteiger partial charge in [-0.1, -0.05) is 12.1 Å². The summed E-state index contributed by atoms with van der Waals surface area (Å²) in [7, 11) is 0. The number of hydrogen-bond acceptors (Lipinski definition) is 9. The van der Waals surface area contributed by atoms with Crippen molar-refractivity contribution in [3.8, 4) is 0 Å². The summed E-state index contributed by atoms with van der Waals surface area (Å²) in [6.07, 6.45) is -1.65. The van der Waals surface area contributed by atoms with Crippen LogP contribution < -0.4 is 5.73 Å². The molecule has 26 heavy (non-hydrogen) atoms. The van der Waals surface area contributed by atoms with Crippen molar-refractivity contribution in [2.24, 2.45) is 5.73 Å². The first-order chi connectivity index (χ1) is 12.4. The summed E-state index contributed by atoms with van der Waals surface area (Å²) in [6, 6.07) is 6.36. The minimum absolute atomic E-state index is 0.0506. The van der Waals surface area contributed by atoms with Crippen LogP contribution in [0.5, 0.6) is 0 Å². The minimum Gasteiger partial charge on any atom is -0.394 e. The van der Waals surface area contributed by atoms with Crippen molar-refractivity contribution >= 4 is 5.69 Å². The molecular weight excluding hydrogens is 344 g/mol. The van der Waals surface area contributed by atoms with Crippen molar-refractivity contribution in [1.29, 1.82) is 0 Å². The van der Waals surface area contributed by atoms with Crippen LogP contribution in [0.4, 0.5) is 5.69 Å². The van der Waals surface area contributed by atoms with Gasteiger partial charge in [-0.3, -0.25) is 10.1 Å². The van der Waals surface area contributed by atoms with Gasteiger partial charge in [-0.25, -0.2) is 0 Å². The van der Waals surface area contributed by atoms with E-state index in [0.717, 1.165) is 5.56 Å². The van der Waals surface area contributed by atoms with Crippen LogP contribution in [-0.4, -0.2) is 74.4 Å². The number of nitrogens with zero attached hydrogens (tertiary/aromatic N) is 3. The number of benzene rings is 1. The summed E-state index contributed by atoms with van der Waals surface area (Å²) in [5.41, 5.74) is 7.00. The SMILES string of the molecule is NC1=CN(CCc2ccc([N+](=O)[O-])cc2)CN1[C@@H]1O[C@H](CO)[C@@H](O)[C@H]1O. The van der Waals surface area contributed by atoms with E-state index in [1.807, 2.05) is 4.90 Å². The molecule has 4 atom stereocenters. The van der Waals surface area contributed by atoms with Gasteiger partial charge in [0.25, 0.3) is 5.69 Å². The van der Waals surface area contributed by atoms with Crippen LogP contribution in [0.25, 0.3) is 0 Å². The van der Waals surface area contributed by atoms with E-state index in [2.05, 4.69) is 0 Å². The van der Waals surface area contributed by atoms with Crippen LogP contribution in [0.15, 0.2) is 36.3 Å². The van der Waals surface area contributed by atoms with Crippen molar-refractivity contribution in [2.75, 3.05) is 19.8 Å². The van der Waals surface area contributed by atoms with Crippen LogP contribution in [0.3, 0.4) is 0 Å². The van der Waals surface area contributed by atoms with Crippen LogP contribution in [0.2, 0.25) is 0 Å². The molecule has 5 N–H and O–H groups in total. The summed E-state index contributed by atoms with van der Waals surface area (Å²) in [4.78, 5) is 13.8. The molecule has 0 radical (unpaired) electrons. The largest absolute Gasteiger partial charge is 0.394 e. The molecule has 2 aliphatic rings. The number of ether oxygens (including phenoxy) is 1. The van der Waals surface area contributed by atoms with E-state index in [9.17, 15) is 25.4 Å². The highest BCUT2D eigenvalue weighted by Crippen LogP contribution is 2.28. The van der Waals surface area contributed by atoms with Crippen molar-refractivity contribution in [1.82, 2.24) is 9.80 Å². The number of aliphatic hydroxyl groups excluding tert-OH is 3. The van der Waals surface area contributed by atoms with Crippen molar-refractivity contribution in [3.05, 3.63) is 52.0 Å². The average Bonchev–Trinajstić information content (AvgIpc) is 3.13. The second-order valence-electron chi connectivity index (χ2n) is 6.38. The minimum atomic E-state index is -1.17. The third-order valence-corrected chi connectivity index (χ3v) is 4.64. The normalized spacial score (nSPS) is 28.5. The second-order valence-corrected chi connectivity index (χ2v) is 6.38. The van der Waals surface area contributed by atoms with E-state index < -0.39 is 36.1 Å². The molecule has 0 aromatic heterocycles. The highest BCUT2D eigenvalue weighted by Gasteiger charge is 2.46. The van der Waals surface area contributed by atoms with E-state index in [-0.39, 0.29) is 5.69 Å². The maximum absolute atomic E-state index is 10.7. The smallest absolute Gasteiger partial charge is 0.269 e. The Kier molecular flexibility index (Phi) is 5.28. The molecule has 10 heteroatoms. The van der Waals surface area contributed by atoms with Gasteiger partial charge in [0.2, 0.25) is 0 Å². The highest BCUT2D eigenvalue weighted by atomic mass is 16.6. The number of nitro benzene ring substituents is 1. The molecule has 2 heterocycles. The fourth-order valence-electron chi connectivity index (χ4n) is 3.14. The van der Waals surface area contributed by atoms with Crippen molar-refractivity contribution in [2.45, 2.75) is 31.0 Å². The molecule has 0 bridgehead atoms. The first kappa shape index (κ1) is 18.4. The van der Waals surface area contributed by atoms with Crippen LogP contribution >= 0.6 is 0 Å². The van der Waals surface area contributed by atoms with Gasteiger partial charge < -0.3 is 35.6 Å². The summed E-state index contributed by atoms with van der Waals surface area (Å²) in [6.45, 7) is 0.589. The fraction of sp³-hybridized carbons (Fsp3) is 0.500. The van der Waals surface area contributed by atoms with Gasteiger partial charge >= 0.3 is 0 Å². The van der Waals surface area contributed by atoms with Gasteiger partial charge in [0.15, 0.2) is 6.23 Å². The Hall–Kier alpha value is -2.40. The van der Waals surface area contributed by atoms with E-state index in [1.165, 1.54) is 12.1 Å². The van der Waals surface area contributed by atoms with Crippen molar-refractivity contribution < 1.29 is 25.0 Å². The van der Waals surface area contributed by atoms with Crippen LogP contribution in [-0.2, 0) is 11.2 Å². The predicted molar refractivity (Wildman–Crippen MR) is 90.2 cm³/mol. The molecule has 142 valence electrons. The van der Waals surface area contributed by atoms with Gasteiger partial charge in [-0.2, -0.15) is 0 Å². The van der Waals surface area contributed by atoms with E-state index in [0.29, 0.717) is 25.5 Å². The summed E-state index contributed by atoms with van der Waals surface area (Å²) >= 11 is 0. The lowest BCUT2D eigenvalue weighted by atomic mass is 10.1. The zero-order valence-electron chi connectivity index (χ0n) is 14.0. The predicted octanol–water partition coefficient (Wildman–Crippen LogP) is -1.09. The number of hydrogen-bond donors (Lipinski definition) is 4. The monoisotopic (exact) mass is 366 g/mol. The Morgan fingerprint density at radius 2 is 1.96 bits per heavy atom. The molecule has 0 saturated carbocycles. The zero-order chi connectivity index (χ0) is 18.8. The summed E-state index contributed by atoms with van der Waals surface area (Å²) in [5, 5.41) is 39.8. The molecule has 0 unspecified atom stereocenters. The van der Waals surface area contributed by atoms with Crippen molar-refractivity contribution in [3.63, 3.8) is 0 Å². The Balaban J connectivity index is 1.56. The molecule has 1 saturated heterocycles. The molecular formula is C16H22N4O6. The van der Waals surface area contributed by atoms with Gasteiger partial charge in [0.05, 0.1) is 18.2 Å². The fourth-order valence-corrected chi connectivity index (χ4v) is 3.14. The summed E-state index contributed by atoms with van der Waals surface area (Å²) < 4.78 is 5.50. The van der Waals surface area contributed by atoms with E-state index in [4.69, 9.17) is 10.5 Å². The van der Waals surface area contributed by atoms with E-state index in [1.54, 1.807) is 23.2 Å². The maximum atomic E-state index is 10.7. The molecule has 1 aromatic carbocycles. The first-order valence-corrected chi connectivity index (χ1v) is 8.24. The van der Waals surface area contributed by atoms with Crippen LogP contribution in [0.1, 0.15) is 5.56 Å². The third kappa shape index (κ3) is 3.58. The standard InChI is InChI=1S/C16H22N4O6/c17-13-7-18(6-5-10-1-3-11(4-2-10)20(24)25)9-19(13)16-15(23)14(22)12(8-21)26-16/h1-4,7,12,14-16,21-23H,5-6,8-9,17H2/t12-,14-,15-,16-/m1/s1. The summed E-state index contributed by atoms with van der Waals surface area (Å²) in [5.74, 6) is 0.392. The Labute approximate surface area is 149 Å². The number of aliphatic hydroxyl groups is 3. The molecule has 1 aromatic rings. The average molecular weight is 366 g/mol. The Morgan fingerprint density at radius 1 is 1.27 bits per heavy atom. The van der Waals surface area contributed by atoms with E-state index >= 15 is 0 Å². The molecule has 0 aliphatic carbocycles. The lowest BCUT2D eigenvalue weighted by Crippen LogP contribution is -2.45. The van der Waals surface area contributed by atoms with Crippen LogP contribution in [0, 0.1) is 10.1 Å². The second kappa shape index (κ2) is 7.46. The number of nitrogens with two attached hydrogens (primary N) is 1. The van der Waals surface area contributed by atoms with Gasteiger partial charge in [0, 0.05) is 24.9 Å². The number of nitro groups is 1. The lowest BCUT2D eigenvalue weighted by molar-refractivity contribution is -0.384. The quantitative estimate of drug-likeness (QED) is 0.364. The first-order valence-electron chi connectivity index (χ1n) is 8.24. The zero-order valence-corrected chi connectivity index (χ0v) is 14.0. The molecule has 10 nitrogen and oxygen atoms in total. The number of non-ortho nitro benzene ring substituents is 1. The third-order valence-electron chi connectivity index (χ3n) is 4.64. The Morgan fingerprint density at radius 3 is 2.54 bits per heavy atom. The molecule has 3 rings (SSSR count). The van der Waals surface area contributed by atoms with Gasteiger partial charge in [-0.05, 0) is 12.0 Å². The topological polar surface area (TPSA) is 146 Å². The molecule has 0 amide bonds. The molecule has 0 spiro atoms. The number of rotatable bonds is 6. The molecule has 2 aliphatic heterocycles.